The molecule has 0 unspecified atom stereocenters. The minimum atomic E-state index is -0.321. The zero-order chi connectivity index (χ0) is 16.2. The third-order valence-electron chi connectivity index (χ3n) is 3.79. The molecule has 23 heavy (non-hydrogen) atoms. The highest BCUT2D eigenvalue weighted by Gasteiger charge is 2.09. The van der Waals surface area contributed by atoms with E-state index >= 15 is 0 Å². The Morgan fingerprint density at radius 1 is 1.04 bits per heavy atom. The van der Waals surface area contributed by atoms with Crippen molar-refractivity contribution in [1.29, 1.82) is 0 Å². The van der Waals surface area contributed by atoms with Gasteiger partial charge in [0, 0.05) is 24.5 Å². The van der Waals surface area contributed by atoms with Crippen LogP contribution in [0.1, 0.15) is 12.0 Å². The minimum absolute atomic E-state index is 0.220. The molecule has 0 saturated carbocycles. The van der Waals surface area contributed by atoms with Gasteiger partial charge in [0.05, 0.1) is 0 Å². The summed E-state index contributed by atoms with van der Waals surface area (Å²) in [4.78, 5) is 11.2. The van der Waals surface area contributed by atoms with Crippen LogP contribution in [0.5, 0.6) is 5.75 Å². The van der Waals surface area contributed by atoms with Crippen LogP contribution in [0.4, 0.5) is 0 Å². The van der Waals surface area contributed by atoms with E-state index in [0.717, 1.165) is 22.4 Å². The molecule has 4 nitrogen and oxygen atoms in total. The lowest BCUT2D eigenvalue weighted by Gasteiger charge is -2.13. The molecule has 0 atom stereocenters. The summed E-state index contributed by atoms with van der Waals surface area (Å²) >= 11 is 0. The summed E-state index contributed by atoms with van der Waals surface area (Å²) < 4.78 is 2.01. The standard InChI is InChI=1S/C19H18N2O2/c20-19(23)9-6-15-12-16(21-10-1-2-11-21)7-8-18(15)14-4-3-5-17(22)13-14/h1-5,7-8,10-13,22H,6,9H2,(H2,20,23). The summed E-state index contributed by atoms with van der Waals surface area (Å²) in [5.74, 6) is -0.101. The van der Waals surface area contributed by atoms with Crippen molar-refractivity contribution >= 4 is 5.91 Å². The molecule has 3 aromatic rings. The van der Waals surface area contributed by atoms with E-state index in [2.05, 4.69) is 6.07 Å². The summed E-state index contributed by atoms with van der Waals surface area (Å²) in [7, 11) is 0. The third-order valence-corrected chi connectivity index (χ3v) is 3.79. The Bertz CT molecular complexity index is 823. The highest BCUT2D eigenvalue weighted by molar-refractivity contribution is 5.75. The fourth-order valence-corrected chi connectivity index (χ4v) is 2.67. The quantitative estimate of drug-likeness (QED) is 0.759. The number of nitrogens with two attached hydrogens (primary N) is 1. The number of primary amides is 1. The van der Waals surface area contributed by atoms with E-state index in [1.807, 2.05) is 53.4 Å². The number of hydrogen-bond acceptors (Lipinski definition) is 2. The van der Waals surface area contributed by atoms with Crippen LogP contribution in [0.25, 0.3) is 16.8 Å². The molecular weight excluding hydrogens is 288 g/mol. The molecule has 2 aromatic carbocycles. The number of aromatic nitrogens is 1. The third kappa shape index (κ3) is 3.43. The summed E-state index contributed by atoms with van der Waals surface area (Å²) in [6, 6.07) is 17.1. The van der Waals surface area contributed by atoms with Crippen LogP contribution in [0.15, 0.2) is 67.0 Å². The van der Waals surface area contributed by atoms with Gasteiger partial charge in [0.1, 0.15) is 5.75 Å². The molecule has 1 heterocycles. The van der Waals surface area contributed by atoms with E-state index in [0.29, 0.717) is 12.8 Å². The molecule has 3 rings (SSSR count). The van der Waals surface area contributed by atoms with Crippen molar-refractivity contribution in [3.63, 3.8) is 0 Å². The molecule has 0 aliphatic carbocycles. The van der Waals surface area contributed by atoms with Crippen molar-refractivity contribution in [2.45, 2.75) is 12.8 Å². The highest BCUT2D eigenvalue weighted by atomic mass is 16.3. The van der Waals surface area contributed by atoms with E-state index in [1.54, 1.807) is 12.1 Å². The van der Waals surface area contributed by atoms with E-state index in [4.69, 9.17) is 5.73 Å². The molecule has 0 saturated heterocycles. The monoisotopic (exact) mass is 306 g/mol. The van der Waals surface area contributed by atoms with Gasteiger partial charge in [0.15, 0.2) is 0 Å². The number of aromatic hydroxyl groups is 1. The highest BCUT2D eigenvalue weighted by Crippen LogP contribution is 2.29. The largest absolute Gasteiger partial charge is 0.508 e. The average Bonchev–Trinajstić information content (AvgIpc) is 3.07. The summed E-state index contributed by atoms with van der Waals surface area (Å²) in [6.07, 6.45) is 4.80. The molecule has 0 aliphatic rings. The predicted molar refractivity (Wildman–Crippen MR) is 90.4 cm³/mol. The van der Waals surface area contributed by atoms with Crippen LogP contribution in [-0.4, -0.2) is 15.6 Å². The van der Waals surface area contributed by atoms with Crippen LogP contribution < -0.4 is 5.73 Å². The van der Waals surface area contributed by atoms with Gasteiger partial charge in [-0.05, 0) is 59.5 Å². The van der Waals surface area contributed by atoms with Gasteiger partial charge in [0.2, 0.25) is 5.91 Å². The van der Waals surface area contributed by atoms with Crippen molar-refractivity contribution in [2.75, 3.05) is 0 Å². The van der Waals surface area contributed by atoms with E-state index in [9.17, 15) is 9.90 Å². The number of benzene rings is 2. The lowest BCUT2D eigenvalue weighted by atomic mass is 9.95. The van der Waals surface area contributed by atoms with Crippen molar-refractivity contribution in [3.8, 4) is 22.6 Å². The van der Waals surface area contributed by atoms with Gasteiger partial charge in [-0.25, -0.2) is 0 Å². The minimum Gasteiger partial charge on any atom is -0.508 e. The molecule has 1 amide bonds. The smallest absolute Gasteiger partial charge is 0.217 e. The number of aryl methyl sites for hydroxylation is 1. The van der Waals surface area contributed by atoms with Crippen LogP contribution in [0, 0.1) is 0 Å². The second-order valence-electron chi connectivity index (χ2n) is 5.45. The van der Waals surface area contributed by atoms with E-state index in [1.165, 1.54) is 0 Å². The number of carbonyl (C=O) groups excluding carboxylic acids is 1. The number of rotatable bonds is 5. The fraction of sp³-hybridized carbons (Fsp3) is 0.105. The van der Waals surface area contributed by atoms with Gasteiger partial charge in [-0.2, -0.15) is 0 Å². The maximum atomic E-state index is 11.2. The first-order chi connectivity index (χ1) is 11.1. The molecule has 4 heteroatoms. The fourth-order valence-electron chi connectivity index (χ4n) is 2.67. The van der Waals surface area contributed by atoms with Crippen LogP contribution in [-0.2, 0) is 11.2 Å². The topological polar surface area (TPSA) is 68.2 Å². The van der Waals surface area contributed by atoms with Crippen LogP contribution in [0.3, 0.4) is 0 Å². The van der Waals surface area contributed by atoms with Gasteiger partial charge in [-0.1, -0.05) is 18.2 Å². The van der Waals surface area contributed by atoms with Crippen LogP contribution in [0.2, 0.25) is 0 Å². The SMILES string of the molecule is NC(=O)CCc1cc(-n2cccc2)ccc1-c1cccc(O)c1. The van der Waals surface area contributed by atoms with Crippen molar-refractivity contribution in [1.82, 2.24) is 4.57 Å². The number of carbonyl (C=O) groups is 1. The van der Waals surface area contributed by atoms with E-state index in [-0.39, 0.29) is 11.7 Å². The Hall–Kier alpha value is -3.01. The lowest BCUT2D eigenvalue weighted by Crippen LogP contribution is -2.11. The van der Waals surface area contributed by atoms with Crippen molar-refractivity contribution < 1.29 is 9.90 Å². The number of amides is 1. The van der Waals surface area contributed by atoms with Gasteiger partial charge >= 0.3 is 0 Å². The maximum Gasteiger partial charge on any atom is 0.217 e. The number of phenolic OH excluding ortho intramolecular Hbond substituents is 1. The van der Waals surface area contributed by atoms with Gasteiger partial charge in [-0.3, -0.25) is 4.79 Å². The normalized spacial score (nSPS) is 10.6. The Balaban J connectivity index is 2.05. The number of phenols is 1. The lowest BCUT2D eigenvalue weighted by molar-refractivity contribution is -0.117. The first-order valence-corrected chi connectivity index (χ1v) is 7.47. The second-order valence-corrected chi connectivity index (χ2v) is 5.45. The summed E-state index contributed by atoms with van der Waals surface area (Å²) in [5, 5.41) is 9.71. The second kappa shape index (κ2) is 6.40. The molecule has 0 radical (unpaired) electrons. The summed E-state index contributed by atoms with van der Waals surface area (Å²) in [5.41, 5.74) is 9.27. The first kappa shape index (κ1) is 14.9. The molecule has 0 spiro atoms. The number of nitrogens with zero attached hydrogens (tertiary/aromatic N) is 1. The molecular formula is C19H18N2O2. The first-order valence-electron chi connectivity index (χ1n) is 7.47. The molecule has 0 aliphatic heterocycles. The molecule has 116 valence electrons. The molecule has 0 bridgehead atoms. The van der Waals surface area contributed by atoms with Crippen molar-refractivity contribution in [2.24, 2.45) is 5.73 Å². The Morgan fingerprint density at radius 3 is 2.52 bits per heavy atom. The van der Waals surface area contributed by atoms with Gasteiger partial charge < -0.3 is 15.4 Å². The summed E-state index contributed by atoms with van der Waals surface area (Å²) in [6.45, 7) is 0. The molecule has 1 aromatic heterocycles. The average molecular weight is 306 g/mol. The predicted octanol–water partition coefficient (Wildman–Crippen LogP) is 3.27. The Kier molecular flexibility index (Phi) is 4.15. The van der Waals surface area contributed by atoms with E-state index < -0.39 is 0 Å². The Morgan fingerprint density at radius 2 is 1.83 bits per heavy atom. The van der Waals surface area contributed by atoms with Gasteiger partial charge in [0.25, 0.3) is 0 Å². The Labute approximate surface area is 134 Å². The maximum absolute atomic E-state index is 11.2. The van der Waals surface area contributed by atoms with Gasteiger partial charge in [-0.15, -0.1) is 0 Å². The number of hydrogen-bond donors (Lipinski definition) is 2. The zero-order valence-corrected chi connectivity index (χ0v) is 12.6. The zero-order valence-electron chi connectivity index (χ0n) is 12.6. The van der Waals surface area contributed by atoms with Crippen molar-refractivity contribution in [3.05, 3.63) is 72.6 Å². The van der Waals surface area contributed by atoms with Crippen LogP contribution >= 0.6 is 0 Å². The molecule has 3 N–H and O–H groups in total. The molecule has 0 fully saturated rings.